The average molecular weight is 266 g/mol. The molecule has 0 aromatic heterocycles. The lowest BCUT2D eigenvalue weighted by atomic mass is 9.88. The van der Waals surface area contributed by atoms with Gasteiger partial charge in [0.05, 0.1) is 20.3 Å². The van der Waals surface area contributed by atoms with Gasteiger partial charge in [0.2, 0.25) is 0 Å². The molecule has 1 atom stereocenters. The van der Waals surface area contributed by atoms with E-state index in [0.717, 1.165) is 37.0 Å². The number of hydrogen-bond acceptors (Lipinski definition) is 3. The number of rotatable bonds is 8. The molecule has 0 saturated carbocycles. The highest BCUT2D eigenvalue weighted by Gasteiger charge is 2.22. The molecule has 3 nitrogen and oxygen atoms in total. The zero-order chi connectivity index (χ0) is 14.3. The number of benzene rings is 1. The highest BCUT2D eigenvalue weighted by atomic mass is 16.5. The highest BCUT2D eigenvalue weighted by Crippen LogP contribution is 2.36. The smallest absolute Gasteiger partial charge is 0.128 e. The Kier molecular flexibility index (Phi) is 6.71. The van der Waals surface area contributed by atoms with E-state index in [9.17, 15) is 5.11 Å². The topological polar surface area (TPSA) is 38.7 Å². The van der Waals surface area contributed by atoms with Gasteiger partial charge < -0.3 is 14.6 Å². The Morgan fingerprint density at radius 2 is 1.68 bits per heavy atom. The quantitative estimate of drug-likeness (QED) is 0.774. The minimum Gasteiger partial charge on any atom is -0.497 e. The van der Waals surface area contributed by atoms with E-state index in [-0.39, 0.29) is 5.92 Å². The lowest BCUT2D eigenvalue weighted by Gasteiger charge is -2.24. The van der Waals surface area contributed by atoms with E-state index in [0.29, 0.717) is 5.75 Å². The Balaban J connectivity index is 2.98. The van der Waals surface area contributed by atoms with Crippen molar-refractivity contribution in [3.8, 4) is 11.5 Å². The maximum Gasteiger partial charge on any atom is 0.128 e. The first-order chi connectivity index (χ1) is 9.17. The summed E-state index contributed by atoms with van der Waals surface area (Å²) in [7, 11) is 3.25. The summed E-state index contributed by atoms with van der Waals surface area (Å²) in [4.78, 5) is 0. The first-order valence-electron chi connectivity index (χ1n) is 7.07. The molecular weight excluding hydrogens is 240 g/mol. The van der Waals surface area contributed by atoms with Crippen LogP contribution in [0, 0.1) is 5.92 Å². The molecule has 1 N–H and O–H groups in total. The summed E-state index contributed by atoms with van der Waals surface area (Å²) in [6.45, 7) is 4.31. The molecule has 1 rings (SSSR count). The number of hydrogen-bond donors (Lipinski definition) is 1. The van der Waals surface area contributed by atoms with Crippen LogP contribution in [0.1, 0.15) is 51.2 Å². The summed E-state index contributed by atoms with van der Waals surface area (Å²) < 4.78 is 10.6. The maximum absolute atomic E-state index is 10.6. The van der Waals surface area contributed by atoms with Crippen LogP contribution in [0.5, 0.6) is 11.5 Å². The Bertz CT molecular complexity index is 370. The summed E-state index contributed by atoms with van der Waals surface area (Å²) in [5, 5.41) is 10.6. The molecule has 1 aromatic carbocycles. The van der Waals surface area contributed by atoms with Crippen molar-refractivity contribution in [3.05, 3.63) is 23.8 Å². The van der Waals surface area contributed by atoms with Crippen molar-refractivity contribution < 1.29 is 14.6 Å². The second kappa shape index (κ2) is 8.05. The molecule has 0 bridgehead atoms. The predicted molar refractivity (Wildman–Crippen MR) is 77.8 cm³/mol. The fourth-order valence-corrected chi connectivity index (χ4v) is 2.52. The van der Waals surface area contributed by atoms with E-state index in [1.165, 1.54) is 0 Å². The fourth-order valence-electron chi connectivity index (χ4n) is 2.52. The summed E-state index contributed by atoms with van der Waals surface area (Å²) in [5.41, 5.74) is 0.857. The lowest BCUT2D eigenvalue weighted by molar-refractivity contribution is 0.0937. The predicted octanol–water partition coefficient (Wildman–Crippen LogP) is 3.95. The molecular formula is C16H26O3. The second-order valence-corrected chi connectivity index (χ2v) is 4.89. The normalized spacial score (nSPS) is 12.5. The van der Waals surface area contributed by atoms with Crippen LogP contribution in [0.4, 0.5) is 0 Å². The third-order valence-electron chi connectivity index (χ3n) is 3.52. The lowest BCUT2D eigenvalue weighted by Crippen LogP contribution is -2.13. The molecule has 1 unspecified atom stereocenters. The van der Waals surface area contributed by atoms with Crippen LogP contribution in [0.2, 0.25) is 0 Å². The molecule has 0 aliphatic rings. The molecule has 108 valence electrons. The van der Waals surface area contributed by atoms with Crippen molar-refractivity contribution in [1.29, 1.82) is 0 Å². The Morgan fingerprint density at radius 3 is 2.16 bits per heavy atom. The van der Waals surface area contributed by atoms with Gasteiger partial charge in [-0.25, -0.2) is 0 Å². The van der Waals surface area contributed by atoms with Crippen molar-refractivity contribution in [1.82, 2.24) is 0 Å². The molecule has 19 heavy (non-hydrogen) atoms. The number of aliphatic hydroxyl groups is 1. The summed E-state index contributed by atoms with van der Waals surface area (Å²) >= 11 is 0. The van der Waals surface area contributed by atoms with Gasteiger partial charge in [0.1, 0.15) is 11.5 Å². The van der Waals surface area contributed by atoms with Crippen LogP contribution >= 0.6 is 0 Å². The van der Waals surface area contributed by atoms with E-state index in [2.05, 4.69) is 13.8 Å². The van der Waals surface area contributed by atoms with Gasteiger partial charge >= 0.3 is 0 Å². The monoisotopic (exact) mass is 266 g/mol. The van der Waals surface area contributed by atoms with Crippen LogP contribution in [-0.2, 0) is 0 Å². The number of ether oxygens (including phenoxy) is 2. The SMILES string of the molecule is CCCC(CCC)C(O)c1ccc(OC)cc1OC. The van der Waals surface area contributed by atoms with E-state index >= 15 is 0 Å². The molecule has 0 aliphatic carbocycles. The van der Waals surface area contributed by atoms with Crippen LogP contribution in [0.25, 0.3) is 0 Å². The van der Waals surface area contributed by atoms with Crippen LogP contribution in [0.15, 0.2) is 18.2 Å². The summed E-state index contributed by atoms with van der Waals surface area (Å²) in [6.07, 6.45) is 3.76. The number of aliphatic hydroxyl groups excluding tert-OH is 1. The molecule has 0 fully saturated rings. The fraction of sp³-hybridized carbons (Fsp3) is 0.625. The summed E-state index contributed by atoms with van der Waals surface area (Å²) in [5.74, 6) is 1.73. The standard InChI is InChI=1S/C16H26O3/c1-5-7-12(8-6-2)16(17)14-10-9-13(18-3)11-15(14)19-4/h9-12,16-17H,5-8H2,1-4H3. The third kappa shape index (κ3) is 4.13. The van der Waals surface area contributed by atoms with Crippen molar-refractivity contribution in [2.24, 2.45) is 5.92 Å². The van der Waals surface area contributed by atoms with Crippen LogP contribution in [-0.4, -0.2) is 19.3 Å². The van der Waals surface area contributed by atoms with Gasteiger partial charge in [-0.2, -0.15) is 0 Å². The Labute approximate surface area is 116 Å². The van der Waals surface area contributed by atoms with Crippen LogP contribution in [0.3, 0.4) is 0 Å². The van der Waals surface area contributed by atoms with Gasteiger partial charge in [-0.3, -0.25) is 0 Å². The van der Waals surface area contributed by atoms with Crippen molar-refractivity contribution >= 4 is 0 Å². The molecule has 0 radical (unpaired) electrons. The van der Waals surface area contributed by atoms with Gasteiger partial charge in [0.25, 0.3) is 0 Å². The van der Waals surface area contributed by atoms with Crippen molar-refractivity contribution in [2.75, 3.05) is 14.2 Å². The van der Waals surface area contributed by atoms with Gasteiger partial charge in [-0.15, -0.1) is 0 Å². The zero-order valence-electron chi connectivity index (χ0n) is 12.5. The third-order valence-corrected chi connectivity index (χ3v) is 3.52. The summed E-state index contributed by atoms with van der Waals surface area (Å²) in [6, 6.07) is 5.60. The minimum absolute atomic E-state index is 0.289. The molecule has 0 saturated heterocycles. The molecule has 0 amide bonds. The molecule has 1 aromatic rings. The maximum atomic E-state index is 10.6. The van der Waals surface area contributed by atoms with Crippen molar-refractivity contribution in [2.45, 2.75) is 45.6 Å². The Hall–Kier alpha value is -1.22. The van der Waals surface area contributed by atoms with Gasteiger partial charge in [-0.1, -0.05) is 26.7 Å². The Morgan fingerprint density at radius 1 is 1.05 bits per heavy atom. The van der Waals surface area contributed by atoms with Crippen molar-refractivity contribution in [3.63, 3.8) is 0 Å². The molecule has 3 heteroatoms. The highest BCUT2D eigenvalue weighted by molar-refractivity contribution is 5.42. The molecule has 0 aliphatic heterocycles. The van der Waals surface area contributed by atoms with Crippen LogP contribution < -0.4 is 9.47 Å². The zero-order valence-corrected chi connectivity index (χ0v) is 12.5. The second-order valence-electron chi connectivity index (χ2n) is 4.89. The van der Waals surface area contributed by atoms with E-state index in [1.807, 2.05) is 18.2 Å². The average Bonchev–Trinajstić information content (AvgIpc) is 2.45. The van der Waals surface area contributed by atoms with Gasteiger partial charge in [0, 0.05) is 11.6 Å². The minimum atomic E-state index is -0.472. The van der Waals surface area contributed by atoms with E-state index < -0.39 is 6.10 Å². The van der Waals surface area contributed by atoms with E-state index in [1.54, 1.807) is 14.2 Å². The molecule has 0 heterocycles. The van der Waals surface area contributed by atoms with Gasteiger partial charge in [-0.05, 0) is 30.9 Å². The molecule has 0 spiro atoms. The number of methoxy groups -OCH3 is 2. The largest absolute Gasteiger partial charge is 0.497 e. The first kappa shape index (κ1) is 15.8. The van der Waals surface area contributed by atoms with Gasteiger partial charge in [0.15, 0.2) is 0 Å². The first-order valence-corrected chi connectivity index (χ1v) is 7.07. The van der Waals surface area contributed by atoms with E-state index in [4.69, 9.17) is 9.47 Å².